The van der Waals surface area contributed by atoms with Gasteiger partial charge in [0, 0.05) is 25.5 Å². The lowest BCUT2D eigenvalue weighted by Gasteiger charge is -2.44. The van der Waals surface area contributed by atoms with Crippen LogP contribution < -0.4 is 10.2 Å². The Kier molecular flexibility index (Phi) is 2.97. The monoisotopic (exact) mass is 232 g/mol. The second kappa shape index (κ2) is 4.61. The zero-order valence-electron chi connectivity index (χ0n) is 10.2. The van der Waals surface area contributed by atoms with Crippen LogP contribution in [0, 0.1) is 5.41 Å². The summed E-state index contributed by atoms with van der Waals surface area (Å²) in [4.78, 5) is 10.9. The van der Waals surface area contributed by atoms with Crippen molar-refractivity contribution in [3.63, 3.8) is 0 Å². The van der Waals surface area contributed by atoms with Gasteiger partial charge in [0.2, 0.25) is 0 Å². The number of hydrogen-bond acceptors (Lipinski definition) is 4. The molecule has 1 N–H and O–H groups in total. The van der Waals surface area contributed by atoms with Gasteiger partial charge < -0.3 is 10.2 Å². The molecule has 17 heavy (non-hydrogen) atoms. The lowest BCUT2D eigenvalue weighted by molar-refractivity contribution is 0.154. The average molecular weight is 232 g/mol. The molecule has 0 aliphatic carbocycles. The zero-order chi connectivity index (χ0) is 11.6. The Bertz CT molecular complexity index is 349. The number of nitrogens with one attached hydrogen (secondary N) is 1. The first kappa shape index (κ1) is 11.0. The smallest absolute Gasteiger partial charge is 0.147 e. The average Bonchev–Trinajstić information content (AvgIpc) is 2.42. The molecule has 0 radical (unpaired) electrons. The summed E-state index contributed by atoms with van der Waals surface area (Å²) in [5.74, 6) is 1.04. The largest absolute Gasteiger partial charge is 0.355 e. The molecule has 4 heteroatoms. The van der Waals surface area contributed by atoms with E-state index >= 15 is 0 Å². The Morgan fingerprint density at radius 2 is 1.82 bits per heavy atom. The maximum Gasteiger partial charge on any atom is 0.147 e. The molecule has 0 amide bonds. The van der Waals surface area contributed by atoms with Crippen molar-refractivity contribution in [3.05, 3.63) is 18.6 Å². The Hall–Kier alpha value is -1.16. The third-order valence-electron chi connectivity index (χ3n) is 4.36. The van der Waals surface area contributed by atoms with Crippen molar-refractivity contribution in [2.45, 2.75) is 25.7 Å². The predicted molar refractivity (Wildman–Crippen MR) is 68.0 cm³/mol. The number of hydrogen-bond donors (Lipinski definition) is 1. The third kappa shape index (κ3) is 2.27. The fourth-order valence-corrected chi connectivity index (χ4v) is 3.12. The molecule has 1 aromatic rings. The van der Waals surface area contributed by atoms with Gasteiger partial charge in [-0.1, -0.05) is 0 Å². The van der Waals surface area contributed by atoms with E-state index in [1.54, 1.807) is 12.4 Å². The molecule has 2 saturated heterocycles. The van der Waals surface area contributed by atoms with E-state index in [2.05, 4.69) is 20.2 Å². The predicted octanol–water partition coefficient (Wildman–Crippen LogP) is 1.45. The van der Waals surface area contributed by atoms with Crippen LogP contribution in [-0.2, 0) is 0 Å². The first-order valence-corrected chi connectivity index (χ1v) is 6.60. The maximum absolute atomic E-state index is 4.39. The molecule has 1 spiro atoms. The molecular formula is C13H20N4. The Labute approximate surface area is 102 Å². The Morgan fingerprint density at radius 3 is 2.47 bits per heavy atom. The number of aromatic nitrogens is 2. The van der Waals surface area contributed by atoms with Crippen molar-refractivity contribution in [2.75, 3.05) is 31.1 Å². The minimum Gasteiger partial charge on any atom is -0.355 e. The van der Waals surface area contributed by atoms with Gasteiger partial charge in [-0.15, -0.1) is 0 Å². The molecule has 92 valence electrons. The Morgan fingerprint density at radius 1 is 1.06 bits per heavy atom. The standard InChI is InChI=1S/C13H20N4/c1-5-14-6-2-13(1)3-9-17(10-4-13)12-11-15-7-8-16-12/h7-8,11,14H,1-6,9-10H2. The summed E-state index contributed by atoms with van der Waals surface area (Å²) in [7, 11) is 0. The topological polar surface area (TPSA) is 41.1 Å². The van der Waals surface area contributed by atoms with Crippen LogP contribution in [0.25, 0.3) is 0 Å². The lowest BCUT2D eigenvalue weighted by atomic mass is 9.71. The van der Waals surface area contributed by atoms with Crippen molar-refractivity contribution < 1.29 is 0 Å². The quantitative estimate of drug-likeness (QED) is 0.795. The molecule has 2 fully saturated rings. The fourth-order valence-electron chi connectivity index (χ4n) is 3.12. The van der Waals surface area contributed by atoms with E-state index < -0.39 is 0 Å². The first-order chi connectivity index (χ1) is 8.38. The van der Waals surface area contributed by atoms with Gasteiger partial charge >= 0.3 is 0 Å². The highest BCUT2D eigenvalue weighted by atomic mass is 15.2. The van der Waals surface area contributed by atoms with Gasteiger partial charge in [-0.25, -0.2) is 4.98 Å². The van der Waals surface area contributed by atoms with Crippen LogP contribution in [0.1, 0.15) is 25.7 Å². The van der Waals surface area contributed by atoms with Crippen molar-refractivity contribution in [1.29, 1.82) is 0 Å². The second-order valence-corrected chi connectivity index (χ2v) is 5.30. The summed E-state index contributed by atoms with van der Waals surface area (Å²) in [6.45, 7) is 4.67. The normalized spacial score (nSPS) is 23.9. The second-order valence-electron chi connectivity index (χ2n) is 5.30. The minimum atomic E-state index is 0.615. The van der Waals surface area contributed by atoms with Crippen LogP contribution in [0.3, 0.4) is 0 Å². The molecule has 0 unspecified atom stereocenters. The van der Waals surface area contributed by atoms with E-state index in [0.717, 1.165) is 18.9 Å². The van der Waals surface area contributed by atoms with Gasteiger partial charge in [-0.05, 0) is 44.2 Å². The van der Waals surface area contributed by atoms with Crippen LogP contribution in [0.2, 0.25) is 0 Å². The summed E-state index contributed by atoms with van der Waals surface area (Å²) in [6.07, 6.45) is 10.7. The van der Waals surface area contributed by atoms with E-state index in [1.165, 1.54) is 38.8 Å². The zero-order valence-corrected chi connectivity index (χ0v) is 10.2. The summed E-state index contributed by atoms with van der Waals surface area (Å²) < 4.78 is 0. The Balaban J connectivity index is 1.64. The fraction of sp³-hybridized carbons (Fsp3) is 0.692. The maximum atomic E-state index is 4.39. The van der Waals surface area contributed by atoms with E-state index in [1.807, 2.05) is 6.20 Å². The van der Waals surface area contributed by atoms with Gasteiger partial charge in [0.25, 0.3) is 0 Å². The highest BCUT2D eigenvalue weighted by Gasteiger charge is 2.35. The van der Waals surface area contributed by atoms with E-state index in [4.69, 9.17) is 0 Å². The molecule has 0 saturated carbocycles. The summed E-state index contributed by atoms with van der Waals surface area (Å²) in [6, 6.07) is 0. The van der Waals surface area contributed by atoms with Gasteiger partial charge in [0.15, 0.2) is 0 Å². The van der Waals surface area contributed by atoms with Crippen LogP contribution in [0.15, 0.2) is 18.6 Å². The van der Waals surface area contributed by atoms with Crippen LogP contribution >= 0.6 is 0 Å². The molecule has 3 rings (SSSR count). The van der Waals surface area contributed by atoms with Crippen molar-refractivity contribution in [3.8, 4) is 0 Å². The molecule has 3 heterocycles. The van der Waals surface area contributed by atoms with Crippen molar-refractivity contribution >= 4 is 5.82 Å². The van der Waals surface area contributed by atoms with Crippen molar-refractivity contribution in [1.82, 2.24) is 15.3 Å². The minimum absolute atomic E-state index is 0.615. The lowest BCUT2D eigenvalue weighted by Crippen LogP contribution is -2.45. The number of piperidine rings is 2. The highest BCUT2D eigenvalue weighted by molar-refractivity contribution is 5.35. The molecule has 2 aliphatic heterocycles. The molecule has 1 aromatic heterocycles. The van der Waals surface area contributed by atoms with Gasteiger partial charge in [0.05, 0.1) is 6.20 Å². The van der Waals surface area contributed by atoms with Crippen LogP contribution in [-0.4, -0.2) is 36.1 Å². The molecule has 0 bridgehead atoms. The molecule has 2 aliphatic rings. The van der Waals surface area contributed by atoms with E-state index in [0.29, 0.717) is 5.41 Å². The van der Waals surface area contributed by atoms with Crippen molar-refractivity contribution in [2.24, 2.45) is 5.41 Å². The summed E-state index contributed by atoms with van der Waals surface area (Å²) in [5.41, 5.74) is 0.615. The molecule has 0 atom stereocenters. The van der Waals surface area contributed by atoms with Gasteiger partial charge in [-0.2, -0.15) is 0 Å². The first-order valence-electron chi connectivity index (χ1n) is 6.60. The van der Waals surface area contributed by atoms with Gasteiger partial charge in [-0.3, -0.25) is 4.98 Å². The SMILES string of the molecule is c1cnc(N2CCC3(CCNCC3)CC2)cn1. The third-order valence-corrected chi connectivity index (χ3v) is 4.36. The van der Waals surface area contributed by atoms with Crippen LogP contribution in [0.5, 0.6) is 0 Å². The summed E-state index contributed by atoms with van der Waals surface area (Å²) in [5, 5.41) is 3.46. The highest BCUT2D eigenvalue weighted by Crippen LogP contribution is 2.40. The van der Waals surface area contributed by atoms with Gasteiger partial charge in [0.1, 0.15) is 5.82 Å². The number of anilines is 1. The molecular weight excluding hydrogens is 212 g/mol. The van der Waals surface area contributed by atoms with E-state index in [9.17, 15) is 0 Å². The number of nitrogens with zero attached hydrogens (tertiary/aromatic N) is 3. The van der Waals surface area contributed by atoms with E-state index in [-0.39, 0.29) is 0 Å². The number of rotatable bonds is 1. The summed E-state index contributed by atoms with van der Waals surface area (Å²) >= 11 is 0. The molecule has 0 aromatic carbocycles. The molecule has 4 nitrogen and oxygen atoms in total. The van der Waals surface area contributed by atoms with Crippen LogP contribution in [0.4, 0.5) is 5.82 Å².